The number of hydrogen-bond acceptors (Lipinski definition) is 2. The molecule has 0 heterocycles. The van der Waals surface area contributed by atoms with Crippen molar-refractivity contribution < 1.29 is 9.90 Å². The van der Waals surface area contributed by atoms with E-state index < -0.39 is 0 Å². The highest BCUT2D eigenvalue weighted by Gasteiger charge is 2.60. The Morgan fingerprint density at radius 3 is 2.77 bits per heavy atom. The van der Waals surface area contributed by atoms with Gasteiger partial charge in [-0.25, -0.2) is 0 Å². The zero-order valence-electron chi connectivity index (χ0n) is 14.3. The molecule has 2 nitrogen and oxygen atoms in total. The van der Waals surface area contributed by atoms with E-state index in [4.69, 9.17) is 0 Å². The van der Waals surface area contributed by atoms with Crippen molar-refractivity contribution >= 4 is 5.78 Å². The first-order valence-corrected chi connectivity index (χ1v) is 9.27. The number of carbonyl (C=O) groups excluding carboxylic acids is 1. The predicted molar refractivity (Wildman–Crippen MR) is 87.3 cm³/mol. The monoisotopic (exact) mass is 302 g/mol. The Morgan fingerprint density at radius 1 is 1.23 bits per heavy atom. The van der Waals surface area contributed by atoms with Crippen LogP contribution in [0, 0.1) is 34.5 Å². The first kappa shape index (κ1) is 14.9. The number of aliphatic hydroxyl groups is 1. The molecule has 4 aliphatic rings. The van der Waals surface area contributed by atoms with Crippen LogP contribution in [0.1, 0.15) is 65.7 Å². The number of hydrogen-bond donors (Lipinski definition) is 1. The summed E-state index contributed by atoms with van der Waals surface area (Å²) in [4.78, 5) is 12.5. The maximum Gasteiger partial charge on any atom is 0.139 e. The molecule has 3 saturated carbocycles. The second-order valence-electron chi connectivity index (χ2n) is 9.14. The van der Waals surface area contributed by atoms with Crippen molar-refractivity contribution in [3.63, 3.8) is 0 Å². The van der Waals surface area contributed by atoms with Crippen LogP contribution in [-0.4, -0.2) is 17.0 Å². The van der Waals surface area contributed by atoms with Crippen LogP contribution in [-0.2, 0) is 4.79 Å². The standard InChI is InChI=1S/C20H30O2/c1-12-11-20(3)16(6-7-17(20)22)15-5-4-13-10-14(21)8-9-19(13,2)18(12)15/h4,12,14-16,18,21H,5-11H2,1-3H3/t12-,14-,15-,16-,18-,19-,20-/m0/s1. The van der Waals surface area contributed by atoms with Gasteiger partial charge >= 0.3 is 0 Å². The molecule has 0 bridgehead atoms. The maximum absolute atomic E-state index is 12.5. The van der Waals surface area contributed by atoms with Crippen LogP contribution < -0.4 is 0 Å². The zero-order chi connectivity index (χ0) is 15.7. The second kappa shape index (κ2) is 4.69. The first-order valence-electron chi connectivity index (χ1n) is 9.27. The number of rotatable bonds is 0. The van der Waals surface area contributed by atoms with Gasteiger partial charge in [-0.2, -0.15) is 0 Å². The molecular weight excluding hydrogens is 272 g/mol. The molecule has 0 saturated heterocycles. The minimum atomic E-state index is -0.131. The largest absolute Gasteiger partial charge is 0.393 e. The number of aliphatic hydroxyl groups excluding tert-OH is 1. The van der Waals surface area contributed by atoms with Gasteiger partial charge in [-0.15, -0.1) is 0 Å². The average molecular weight is 302 g/mol. The summed E-state index contributed by atoms with van der Waals surface area (Å²) >= 11 is 0. The van der Waals surface area contributed by atoms with E-state index in [0.29, 0.717) is 29.5 Å². The number of carbonyl (C=O) groups is 1. The Balaban J connectivity index is 1.74. The van der Waals surface area contributed by atoms with Crippen LogP contribution in [0.5, 0.6) is 0 Å². The molecule has 7 atom stereocenters. The van der Waals surface area contributed by atoms with Gasteiger partial charge in [0.15, 0.2) is 0 Å². The lowest BCUT2D eigenvalue weighted by Crippen LogP contribution is -2.53. The highest BCUT2D eigenvalue weighted by Crippen LogP contribution is 2.65. The molecule has 0 aliphatic heterocycles. The number of Topliss-reactive ketones (excluding diaryl/α,β-unsaturated/α-hetero) is 1. The summed E-state index contributed by atoms with van der Waals surface area (Å²) in [5, 5.41) is 10.1. The van der Waals surface area contributed by atoms with E-state index in [0.717, 1.165) is 44.9 Å². The fourth-order valence-electron chi connectivity index (χ4n) is 7.12. The van der Waals surface area contributed by atoms with E-state index >= 15 is 0 Å². The van der Waals surface area contributed by atoms with Gasteiger partial charge in [-0.05, 0) is 67.6 Å². The van der Waals surface area contributed by atoms with Crippen LogP contribution in [0.25, 0.3) is 0 Å². The smallest absolute Gasteiger partial charge is 0.139 e. The van der Waals surface area contributed by atoms with Gasteiger partial charge in [0.25, 0.3) is 0 Å². The van der Waals surface area contributed by atoms with E-state index in [1.807, 2.05) is 0 Å². The first-order chi connectivity index (χ1) is 10.4. The van der Waals surface area contributed by atoms with E-state index in [1.165, 1.54) is 5.57 Å². The van der Waals surface area contributed by atoms with E-state index in [2.05, 4.69) is 26.8 Å². The molecule has 4 aliphatic carbocycles. The summed E-state index contributed by atoms with van der Waals surface area (Å²) in [6.07, 6.45) is 9.43. The SMILES string of the molecule is C[C@H]1C[C@]2(C)C(=O)CC[C@H]2[C@@H]2CC=C3C[C@@H](O)CC[C@]3(C)[C@H]21. The molecule has 0 aromatic heterocycles. The van der Waals surface area contributed by atoms with Crippen LogP contribution in [0.3, 0.4) is 0 Å². The molecule has 0 unspecified atom stereocenters. The lowest BCUT2D eigenvalue weighted by atomic mass is 9.45. The third-order valence-electron chi connectivity index (χ3n) is 8.03. The van der Waals surface area contributed by atoms with Gasteiger partial charge in [0.1, 0.15) is 5.78 Å². The number of allylic oxidation sites excluding steroid dienone is 1. The Hall–Kier alpha value is -0.630. The van der Waals surface area contributed by atoms with Crippen molar-refractivity contribution in [2.24, 2.45) is 34.5 Å². The molecule has 0 amide bonds. The summed E-state index contributed by atoms with van der Waals surface area (Å²) in [5.41, 5.74) is 1.75. The highest BCUT2D eigenvalue weighted by atomic mass is 16.3. The summed E-state index contributed by atoms with van der Waals surface area (Å²) in [5.74, 6) is 3.15. The van der Waals surface area contributed by atoms with E-state index in [1.54, 1.807) is 0 Å². The topological polar surface area (TPSA) is 37.3 Å². The average Bonchev–Trinajstić information content (AvgIpc) is 2.75. The van der Waals surface area contributed by atoms with Gasteiger partial charge in [-0.3, -0.25) is 4.79 Å². The molecule has 122 valence electrons. The van der Waals surface area contributed by atoms with Gasteiger partial charge in [0, 0.05) is 11.8 Å². The van der Waals surface area contributed by atoms with Crippen molar-refractivity contribution in [3.8, 4) is 0 Å². The summed E-state index contributed by atoms with van der Waals surface area (Å²) in [6, 6.07) is 0. The summed E-state index contributed by atoms with van der Waals surface area (Å²) in [7, 11) is 0. The van der Waals surface area contributed by atoms with Crippen LogP contribution in [0.15, 0.2) is 11.6 Å². The molecule has 3 fully saturated rings. The van der Waals surface area contributed by atoms with Crippen molar-refractivity contribution in [2.75, 3.05) is 0 Å². The van der Waals surface area contributed by atoms with Gasteiger partial charge < -0.3 is 5.11 Å². The predicted octanol–water partition coefficient (Wildman–Crippen LogP) is 4.13. The lowest BCUT2D eigenvalue weighted by molar-refractivity contribution is -0.135. The number of fused-ring (bicyclic) bond motifs is 5. The molecule has 0 aromatic rings. The lowest BCUT2D eigenvalue weighted by Gasteiger charge is -2.59. The van der Waals surface area contributed by atoms with Gasteiger partial charge in [0.2, 0.25) is 0 Å². The molecule has 0 aromatic carbocycles. The van der Waals surface area contributed by atoms with Crippen LogP contribution in [0.2, 0.25) is 0 Å². The van der Waals surface area contributed by atoms with Crippen LogP contribution >= 0.6 is 0 Å². The minimum Gasteiger partial charge on any atom is -0.393 e. The third kappa shape index (κ3) is 1.79. The van der Waals surface area contributed by atoms with E-state index in [9.17, 15) is 9.90 Å². The van der Waals surface area contributed by atoms with Crippen molar-refractivity contribution in [1.29, 1.82) is 0 Å². The molecule has 0 radical (unpaired) electrons. The molecule has 0 spiro atoms. The molecule has 1 N–H and O–H groups in total. The van der Waals surface area contributed by atoms with Crippen molar-refractivity contribution in [2.45, 2.75) is 71.8 Å². The number of ketones is 1. The minimum absolute atomic E-state index is 0.0452. The summed E-state index contributed by atoms with van der Waals surface area (Å²) < 4.78 is 0. The maximum atomic E-state index is 12.5. The molecular formula is C20H30O2. The Bertz CT molecular complexity index is 536. The van der Waals surface area contributed by atoms with Gasteiger partial charge in [0.05, 0.1) is 6.10 Å². The van der Waals surface area contributed by atoms with Crippen LogP contribution in [0.4, 0.5) is 0 Å². The fourth-order valence-corrected chi connectivity index (χ4v) is 7.12. The summed E-state index contributed by atoms with van der Waals surface area (Å²) in [6.45, 7) is 7.10. The molecule has 2 heteroatoms. The molecule has 22 heavy (non-hydrogen) atoms. The van der Waals surface area contributed by atoms with Crippen molar-refractivity contribution in [1.82, 2.24) is 0 Å². The van der Waals surface area contributed by atoms with Crippen molar-refractivity contribution in [3.05, 3.63) is 11.6 Å². The van der Waals surface area contributed by atoms with E-state index in [-0.39, 0.29) is 16.9 Å². The highest BCUT2D eigenvalue weighted by molar-refractivity contribution is 5.87. The molecule has 4 rings (SSSR count). The van der Waals surface area contributed by atoms with Gasteiger partial charge in [-0.1, -0.05) is 32.4 Å². The normalized spacial score (nSPS) is 54.3. The zero-order valence-corrected chi connectivity index (χ0v) is 14.3. The Labute approximate surface area is 134 Å². The quantitative estimate of drug-likeness (QED) is 0.683. The third-order valence-corrected chi connectivity index (χ3v) is 8.03. The second-order valence-corrected chi connectivity index (χ2v) is 9.14. The Morgan fingerprint density at radius 2 is 2.00 bits per heavy atom. The Kier molecular flexibility index (Phi) is 3.18. The fraction of sp³-hybridized carbons (Fsp3) is 0.850.